The maximum atomic E-state index is 12.2. The summed E-state index contributed by atoms with van der Waals surface area (Å²) in [5, 5.41) is 136. The van der Waals surface area contributed by atoms with Crippen LogP contribution in [-0.2, 0) is 38.0 Å². The van der Waals surface area contributed by atoms with E-state index in [0.717, 1.165) is 6.92 Å². The Hall–Kier alpha value is -1.33. The number of carbonyl (C=O) groups excluding carboxylic acids is 1. The van der Waals surface area contributed by atoms with Gasteiger partial charge in [-0.05, 0) is 0 Å². The highest BCUT2D eigenvalue weighted by molar-refractivity contribution is 5.73. The van der Waals surface area contributed by atoms with Crippen molar-refractivity contribution in [2.24, 2.45) is 0 Å². The van der Waals surface area contributed by atoms with Crippen LogP contribution in [0.2, 0.25) is 0 Å². The molecule has 4 saturated heterocycles. The van der Waals surface area contributed by atoms with Gasteiger partial charge in [0.1, 0.15) is 97.6 Å². The number of rotatable bonds is 11. The summed E-state index contributed by atoms with van der Waals surface area (Å²) < 4.78 is 38.3. The highest BCUT2D eigenvalue weighted by Gasteiger charge is 2.55. The van der Waals surface area contributed by atoms with E-state index in [1.165, 1.54) is 0 Å². The maximum Gasteiger partial charge on any atom is 0.217 e. The quantitative estimate of drug-likeness (QED) is 0.0947. The Morgan fingerprint density at radius 2 is 0.938 bits per heavy atom. The summed E-state index contributed by atoms with van der Waals surface area (Å²) in [7, 11) is 0. The lowest BCUT2D eigenvalue weighted by Gasteiger charge is -2.49. The molecule has 48 heavy (non-hydrogen) atoms. The number of nitrogens with one attached hydrogen (secondary N) is 1. The molecule has 4 aliphatic heterocycles. The van der Waals surface area contributed by atoms with Crippen molar-refractivity contribution in [3.05, 3.63) is 0 Å². The van der Waals surface area contributed by atoms with Gasteiger partial charge in [0.2, 0.25) is 5.91 Å². The molecule has 1 amide bonds. The fourth-order valence-corrected chi connectivity index (χ4v) is 5.94. The second kappa shape index (κ2) is 16.8. The Morgan fingerprint density at radius 1 is 0.500 bits per heavy atom. The third-order valence-corrected chi connectivity index (χ3v) is 8.61. The van der Waals surface area contributed by atoms with Gasteiger partial charge in [0, 0.05) is 6.92 Å². The number of carbonyl (C=O) groups is 1. The predicted octanol–water partition coefficient (Wildman–Crippen LogP) is -9.61. The van der Waals surface area contributed by atoms with E-state index >= 15 is 0 Å². The normalized spacial score (nSPS) is 50.2. The average molecular weight is 708 g/mol. The molecule has 4 heterocycles. The van der Waals surface area contributed by atoms with Crippen molar-refractivity contribution in [2.75, 3.05) is 26.4 Å². The van der Waals surface area contributed by atoms with Crippen LogP contribution in [0.25, 0.3) is 0 Å². The van der Waals surface area contributed by atoms with Gasteiger partial charge in [-0.1, -0.05) is 0 Å². The largest absolute Gasteiger partial charge is 0.394 e. The molecule has 0 radical (unpaired) electrons. The van der Waals surface area contributed by atoms with E-state index in [1.54, 1.807) is 0 Å². The second-order valence-electron chi connectivity index (χ2n) is 11.9. The molecule has 0 spiro atoms. The lowest BCUT2D eigenvalue weighted by Crippen LogP contribution is -2.69. The summed E-state index contributed by atoms with van der Waals surface area (Å²) >= 11 is 0. The molecule has 0 saturated carbocycles. The van der Waals surface area contributed by atoms with Crippen molar-refractivity contribution in [1.82, 2.24) is 5.32 Å². The van der Waals surface area contributed by atoms with E-state index < -0.39 is 155 Å². The van der Waals surface area contributed by atoms with Crippen molar-refractivity contribution >= 4 is 5.91 Å². The number of amides is 1. The first kappa shape index (κ1) is 39.5. The topological polar surface area (TPSA) is 357 Å². The number of aliphatic hydroxyl groups excluding tert-OH is 13. The highest BCUT2D eigenvalue weighted by atomic mass is 16.8. The molecule has 0 aromatic rings. The zero-order valence-electron chi connectivity index (χ0n) is 25.5. The Morgan fingerprint density at radius 3 is 1.48 bits per heavy atom. The lowest BCUT2D eigenvalue weighted by atomic mass is 9.94. The summed E-state index contributed by atoms with van der Waals surface area (Å²) in [4.78, 5) is 12.2. The van der Waals surface area contributed by atoms with Crippen molar-refractivity contribution < 1.29 is 104 Å². The van der Waals surface area contributed by atoms with Crippen LogP contribution in [0.3, 0.4) is 0 Å². The number of aliphatic hydroxyl groups is 13. The van der Waals surface area contributed by atoms with Crippen LogP contribution in [0.1, 0.15) is 6.92 Å². The molecule has 0 bridgehead atoms. The molecule has 14 N–H and O–H groups in total. The molecule has 1 unspecified atom stereocenters. The fourth-order valence-electron chi connectivity index (χ4n) is 5.94. The number of hydrogen-bond acceptors (Lipinski definition) is 21. The van der Waals surface area contributed by atoms with E-state index in [9.17, 15) is 71.2 Å². The van der Waals surface area contributed by atoms with Gasteiger partial charge >= 0.3 is 0 Å². The molecule has 22 nitrogen and oxygen atoms in total. The molecule has 22 heteroatoms. The van der Waals surface area contributed by atoms with Gasteiger partial charge < -0.3 is 105 Å². The summed E-state index contributed by atoms with van der Waals surface area (Å²) in [6, 6.07) is -1.62. The third kappa shape index (κ3) is 8.08. The zero-order chi connectivity index (χ0) is 35.6. The standard InChI is InChI=1S/C26H45NO21/c1-6(32)27-11-15(36)20(46-25-17(38)16(37)12(33)7(2-28)43-25)10(5-31)45-24(11)47-22-14(35)9(4-30)44-26(19(22)40)48-21-13(34)8(3-29)42-23(41)18(21)39/h7-26,28-31,33-41H,2-5H2,1H3,(H,27,32)/t7-,8-,9-,10-,11-,12+,13-,14+,15-,16+,17-,18-,19-,20-,21+,22+,23?,24+,25+,26+/m1/s1. The minimum Gasteiger partial charge on any atom is -0.394 e. The lowest BCUT2D eigenvalue weighted by molar-refractivity contribution is -0.380. The van der Waals surface area contributed by atoms with Gasteiger partial charge in [-0.2, -0.15) is 0 Å². The van der Waals surface area contributed by atoms with Crippen LogP contribution in [0, 0.1) is 0 Å². The van der Waals surface area contributed by atoms with Crippen LogP contribution in [0.4, 0.5) is 0 Å². The molecular formula is C26H45NO21. The van der Waals surface area contributed by atoms with Crippen LogP contribution >= 0.6 is 0 Å². The van der Waals surface area contributed by atoms with Crippen LogP contribution in [-0.4, -0.2) is 221 Å². The van der Waals surface area contributed by atoms with Crippen molar-refractivity contribution in [1.29, 1.82) is 0 Å². The molecule has 0 aromatic carbocycles. The van der Waals surface area contributed by atoms with E-state index in [0.29, 0.717) is 0 Å². The van der Waals surface area contributed by atoms with Crippen molar-refractivity contribution in [2.45, 2.75) is 130 Å². The molecular weight excluding hydrogens is 662 g/mol. The second-order valence-corrected chi connectivity index (χ2v) is 11.9. The molecule has 4 aliphatic rings. The Balaban J connectivity index is 1.56. The van der Waals surface area contributed by atoms with Crippen LogP contribution in [0.5, 0.6) is 0 Å². The molecule has 0 aromatic heterocycles. The minimum absolute atomic E-state index is 0.757. The number of ether oxygens (including phenoxy) is 7. The van der Waals surface area contributed by atoms with E-state index in [1.807, 2.05) is 0 Å². The van der Waals surface area contributed by atoms with Crippen molar-refractivity contribution in [3.63, 3.8) is 0 Å². The highest BCUT2D eigenvalue weighted by Crippen LogP contribution is 2.34. The minimum atomic E-state index is -2.04. The monoisotopic (exact) mass is 707 g/mol. The molecule has 0 aliphatic carbocycles. The predicted molar refractivity (Wildman–Crippen MR) is 145 cm³/mol. The fraction of sp³-hybridized carbons (Fsp3) is 0.962. The van der Waals surface area contributed by atoms with Gasteiger partial charge in [-0.25, -0.2) is 0 Å². The first-order chi connectivity index (χ1) is 22.7. The summed E-state index contributed by atoms with van der Waals surface area (Å²) in [6.45, 7) is -2.36. The van der Waals surface area contributed by atoms with Gasteiger partial charge in [-0.3, -0.25) is 4.79 Å². The summed E-state index contributed by atoms with van der Waals surface area (Å²) in [5.74, 6) is -0.757. The molecule has 4 rings (SSSR count). The summed E-state index contributed by atoms with van der Waals surface area (Å²) in [5.41, 5.74) is 0. The van der Waals surface area contributed by atoms with Gasteiger partial charge in [0.05, 0.1) is 26.4 Å². The number of hydrogen-bond donors (Lipinski definition) is 14. The Bertz CT molecular complexity index is 1030. The van der Waals surface area contributed by atoms with Crippen LogP contribution in [0.15, 0.2) is 0 Å². The van der Waals surface area contributed by atoms with Gasteiger partial charge in [0.15, 0.2) is 25.2 Å². The van der Waals surface area contributed by atoms with Crippen molar-refractivity contribution in [3.8, 4) is 0 Å². The van der Waals surface area contributed by atoms with E-state index in [2.05, 4.69) is 5.32 Å². The Kier molecular flexibility index (Phi) is 13.8. The zero-order valence-corrected chi connectivity index (χ0v) is 25.5. The van der Waals surface area contributed by atoms with Crippen LogP contribution < -0.4 is 5.32 Å². The first-order valence-corrected chi connectivity index (χ1v) is 15.1. The SMILES string of the molecule is CC(=O)N[C@H]1[C@H](O[C@H]2[C@@H](O)[C@@H](CO)O[C@@H](O[C@H]3[C@H](O)[C@@H](CO)OC(O)[C@@H]3O)[C@@H]2O)O[C@H](CO)[C@@H](O[C@@H]2O[C@H](CO)[C@H](O)[C@H](O)[C@H]2O)[C@@H]1O. The van der Waals surface area contributed by atoms with Gasteiger partial charge in [-0.15, -0.1) is 0 Å². The summed E-state index contributed by atoms with van der Waals surface area (Å²) in [6.07, 6.45) is -33.6. The Labute approximate surface area is 272 Å². The molecule has 4 fully saturated rings. The smallest absolute Gasteiger partial charge is 0.217 e. The first-order valence-electron chi connectivity index (χ1n) is 15.1. The molecule has 20 atom stereocenters. The van der Waals surface area contributed by atoms with E-state index in [-0.39, 0.29) is 0 Å². The van der Waals surface area contributed by atoms with E-state index in [4.69, 9.17) is 33.2 Å². The van der Waals surface area contributed by atoms with Gasteiger partial charge in [0.25, 0.3) is 0 Å². The molecule has 280 valence electrons. The third-order valence-electron chi connectivity index (χ3n) is 8.61. The average Bonchev–Trinajstić information content (AvgIpc) is 3.06. The maximum absolute atomic E-state index is 12.2.